The smallest absolute Gasteiger partial charge is 0.129 e. The minimum absolute atomic E-state index is 0.222. The van der Waals surface area contributed by atoms with Crippen LogP contribution in [0.2, 0.25) is 0 Å². The average molecular weight is 263 g/mol. The molecule has 0 aliphatic rings. The molecule has 0 saturated heterocycles. The summed E-state index contributed by atoms with van der Waals surface area (Å²) in [7, 11) is 2.12. The van der Waals surface area contributed by atoms with Crippen LogP contribution >= 0.6 is 0 Å². The number of pyridine rings is 1. The summed E-state index contributed by atoms with van der Waals surface area (Å²) in [6, 6.07) is 4.66. The highest BCUT2D eigenvalue weighted by Crippen LogP contribution is 2.27. The number of hydrogen-bond acceptors (Lipinski definition) is 3. The summed E-state index contributed by atoms with van der Waals surface area (Å²) in [5, 5.41) is 0. The van der Waals surface area contributed by atoms with Crippen molar-refractivity contribution in [2.24, 2.45) is 11.1 Å². The minimum Gasteiger partial charge on any atom is -0.356 e. The number of anilines is 1. The standard InChI is InChI=1S/C16H29N3/c1-7-8-14-9-13(11-17)10-15(18-14)19(6)12(2)16(3,4)5/h9-10,12H,7-8,11,17H2,1-6H3. The largest absolute Gasteiger partial charge is 0.356 e. The summed E-state index contributed by atoms with van der Waals surface area (Å²) in [6.45, 7) is 11.8. The van der Waals surface area contributed by atoms with Crippen LogP contribution in [0.15, 0.2) is 12.1 Å². The summed E-state index contributed by atoms with van der Waals surface area (Å²) in [4.78, 5) is 7.04. The Morgan fingerprint density at radius 1 is 1.32 bits per heavy atom. The Bertz CT molecular complexity index is 407. The van der Waals surface area contributed by atoms with Gasteiger partial charge >= 0.3 is 0 Å². The highest BCUT2D eigenvalue weighted by Gasteiger charge is 2.25. The molecule has 1 aromatic rings. The van der Waals surface area contributed by atoms with Crippen LogP contribution in [0.5, 0.6) is 0 Å². The van der Waals surface area contributed by atoms with Gasteiger partial charge in [-0.1, -0.05) is 34.1 Å². The van der Waals surface area contributed by atoms with E-state index in [0.29, 0.717) is 12.6 Å². The van der Waals surface area contributed by atoms with E-state index >= 15 is 0 Å². The third-order valence-corrected chi connectivity index (χ3v) is 3.86. The van der Waals surface area contributed by atoms with E-state index in [9.17, 15) is 0 Å². The minimum atomic E-state index is 0.222. The van der Waals surface area contributed by atoms with Crippen molar-refractivity contribution in [3.63, 3.8) is 0 Å². The van der Waals surface area contributed by atoms with Gasteiger partial charge in [0.15, 0.2) is 0 Å². The summed E-state index contributed by atoms with van der Waals surface area (Å²) in [6.07, 6.45) is 2.12. The van der Waals surface area contributed by atoms with E-state index in [-0.39, 0.29) is 5.41 Å². The molecule has 1 rings (SSSR count). The van der Waals surface area contributed by atoms with E-state index in [4.69, 9.17) is 10.7 Å². The maximum absolute atomic E-state index is 5.80. The first-order chi connectivity index (χ1) is 8.79. The molecule has 0 amide bonds. The van der Waals surface area contributed by atoms with Crippen LogP contribution in [-0.2, 0) is 13.0 Å². The van der Waals surface area contributed by atoms with Gasteiger partial charge in [-0.2, -0.15) is 0 Å². The van der Waals surface area contributed by atoms with Crippen molar-refractivity contribution in [3.8, 4) is 0 Å². The SMILES string of the molecule is CCCc1cc(CN)cc(N(C)C(C)C(C)(C)C)n1. The zero-order valence-electron chi connectivity index (χ0n) is 13.3. The Hall–Kier alpha value is -1.09. The zero-order valence-corrected chi connectivity index (χ0v) is 13.3. The van der Waals surface area contributed by atoms with E-state index in [0.717, 1.165) is 24.4 Å². The van der Waals surface area contributed by atoms with Gasteiger partial charge in [0.1, 0.15) is 5.82 Å². The maximum Gasteiger partial charge on any atom is 0.129 e. The summed E-state index contributed by atoms with van der Waals surface area (Å²) in [5.41, 5.74) is 8.34. The molecule has 0 radical (unpaired) electrons. The molecule has 3 heteroatoms. The highest BCUT2D eigenvalue weighted by atomic mass is 15.2. The molecule has 1 atom stereocenters. The van der Waals surface area contributed by atoms with E-state index in [1.54, 1.807) is 0 Å². The number of aromatic nitrogens is 1. The normalized spacial score (nSPS) is 13.4. The molecule has 0 bridgehead atoms. The molecule has 3 nitrogen and oxygen atoms in total. The first-order valence-electron chi connectivity index (χ1n) is 7.22. The van der Waals surface area contributed by atoms with Crippen molar-refractivity contribution >= 4 is 5.82 Å². The number of hydrogen-bond donors (Lipinski definition) is 1. The van der Waals surface area contributed by atoms with Gasteiger partial charge in [0.25, 0.3) is 0 Å². The second kappa shape index (κ2) is 6.38. The molecule has 0 fully saturated rings. The molecule has 0 saturated carbocycles. The zero-order chi connectivity index (χ0) is 14.6. The molecule has 19 heavy (non-hydrogen) atoms. The topological polar surface area (TPSA) is 42.1 Å². The van der Waals surface area contributed by atoms with Crippen LogP contribution in [-0.4, -0.2) is 18.1 Å². The number of nitrogens with zero attached hydrogens (tertiary/aromatic N) is 2. The highest BCUT2D eigenvalue weighted by molar-refractivity contribution is 5.43. The first-order valence-corrected chi connectivity index (χ1v) is 7.22. The fraction of sp³-hybridized carbons (Fsp3) is 0.688. The fourth-order valence-corrected chi connectivity index (χ4v) is 2.10. The molecule has 0 aromatic carbocycles. The van der Waals surface area contributed by atoms with Crippen LogP contribution in [0.25, 0.3) is 0 Å². The average Bonchev–Trinajstić information content (AvgIpc) is 2.35. The molecule has 1 heterocycles. The summed E-state index contributed by atoms with van der Waals surface area (Å²) >= 11 is 0. The predicted octanol–water partition coefficient (Wildman–Crippen LogP) is 3.36. The van der Waals surface area contributed by atoms with Crippen LogP contribution in [0.1, 0.15) is 52.3 Å². The lowest BCUT2D eigenvalue weighted by atomic mass is 9.87. The third kappa shape index (κ3) is 4.20. The Kier molecular flexibility index (Phi) is 5.36. The lowest BCUT2D eigenvalue weighted by Gasteiger charge is -2.36. The molecule has 0 aliphatic carbocycles. The molecule has 1 aromatic heterocycles. The van der Waals surface area contributed by atoms with Gasteiger partial charge in [-0.05, 0) is 36.5 Å². The Labute approximate surface area is 118 Å². The molecular formula is C16H29N3. The van der Waals surface area contributed by atoms with Gasteiger partial charge in [0, 0.05) is 25.3 Å². The van der Waals surface area contributed by atoms with Gasteiger partial charge in [-0.15, -0.1) is 0 Å². The van der Waals surface area contributed by atoms with Crippen molar-refractivity contribution in [2.75, 3.05) is 11.9 Å². The number of aryl methyl sites for hydroxylation is 1. The quantitative estimate of drug-likeness (QED) is 0.885. The molecule has 108 valence electrons. The van der Waals surface area contributed by atoms with Gasteiger partial charge in [-0.25, -0.2) is 4.98 Å². The lowest BCUT2D eigenvalue weighted by molar-refractivity contribution is 0.328. The number of nitrogens with two attached hydrogens (primary N) is 1. The van der Waals surface area contributed by atoms with Crippen molar-refractivity contribution in [1.82, 2.24) is 4.98 Å². The predicted molar refractivity (Wildman–Crippen MR) is 83.4 cm³/mol. The molecule has 1 unspecified atom stereocenters. The van der Waals surface area contributed by atoms with Crippen molar-refractivity contribution in [1.29, 1.82) is 0 Å². The number of rotatable bonds is 5. The second-order valence-corrected chi connectivity index (χ2v) is 6.43. The van der Waals surface area contributed by atoms with E-state index in [2.05, 4.69) is 58.7 Å². The Morgan fingerprint density at radius 3 is 2.42 bits per heavy atom. The molecule has 2 N–H and O–H groups in total. The third-order valence-electron chi connectivity index (χ3n) is 3.86. The Morgan fingerprint density at radius 2 is 1.95 bits per heavy atom. The van der Waals surface area contributed by atoms with Crippen molar-refractivity contribution < 1.29 is 0 Å². The summed E-state index contributed by atoms with van der Waals surface area (Å²) in [5.74, 6) is 1.04. The van der Waals surface area contributed by atoms with Gasteiger partial charge in [-0.3, -0.25) is 0 Å². The van der Waals surface area contributed by atoms with Crippen LogP contribution < -0.4 is 10.6 Å². The van der Waals surface area contributed by atoms with Gasteiger partial charge in [0.05, 0.1) is 0 Å². The van der Waals surface area contributed by atoms with Crippen LogP contribution in [0.3, 0.4) is 0 Å². The van der Waals surface area contributed by atoms with E-state index < -0.39 is 0 Å². The van der Waals surface area contributed by atoms with Crippen LogP contribution in [0.4, 0.5) is 5.82 Å². The fourth-order valence-electron chi connectivity index (χ4n) is 2.10. The Balaban J connectivity index is 3.07. The van der Waals surface area contributed by atoms with E-state index in [1.807, 2.05) is 0 Å². The van der Waals surface area contributed by atoms with Crippen molar-refractivity contribution in [3.05, 3.63) is 23.4 Å². The monoisotopic (exact) mass is 263 g/mol. The van der Waals surface area contributed by atoms with Gasteiger partial charge < -0.3 is 10.6 Å². The van der Waals surface area contributed by atoms with Crippen LogP contribution in [0, 0.1) is 5.41 Å². The summed E-state index contributed by atoms with van der Waals surface area (Å²) < 4.78 is 0. The lowest BCUT2D eigenvalue weighted by Crippen LogP contribution is -2.40. The molecule has 0 aliphatic heterocycles. The van der Waals surface area contributed by atoms with Gasteiger partial charge in [0.2, 0.25) is 0 Å². The molecule has 0 spiro atoms. The van der Waals surface area contributed by atoms with E-state index in [1.165, 1.54) is 5.56 Å². The maximum atomic E-state index is 5.80. The second-order valence-electron chi connectivity index (χ2n) is 6.43. The first kappa shape index (κ1) is 16.0. The molecular weight excluding hydrogens is 234 g/mol. The van der Waals surface area contributed by atoms with Crippen molar-refractivity contribution in [2.45, 2.75) is 60.0 Å².